The number of ketones is 1. The number of hydrogen-bond donors (Lipinski definition) is 2. The van der Waals surface area contributed by atoms with E-state index in [0.29, 0.717) is 18.7 Å². The number of phosphoric ester groups is 1. The lowest BCUT2D eigenvalue weighted by Crippen LogP contribution is -2.32. The lowest BCUT2D eigenvalue weighted by atomic mass is 10.1. The third-order valence-electron chi connectivity index (χ3n) is 9.16. The van der Waals surface area contributed by atoms with Crippen LogP contribution < -0.4 is 11.1 Å². The topological polar surface area (TPSA) is 126 Å². The van der Waals surface area contributed by atoms with Crippen LogP contribution in [0.1, 0.15) is 201 Å². The average molecular weight is 787 g/mol. The van der Waals surface area contributed by atoms with Crippen molar-refractivity contribution in [2.45, 2.75) is 207 Å². The maximum absolute atomic E-state index is 12.2. The number of likely N-dealkylation sites (N-methyl/N-ethyl adjacent to an activating group) is 1. The highest BCUT2D eigenvalue weighted by Crippen LogP contribution is 2.48. The lowest BCUT2D eigenvalue weighted by molar-refractivity contribution is -0.144. The van der Waals surface area contributed by atoms with Gasteiger partial charge in [0.15, 0.2) is 0 Å². The van der Waals surface area contributed by atoms with Crippen molar-refractivity contribution in [3.8, 4) is 0 Å². The molecule has 0 fully saturated rings. The van der Waals surface area contributed by atoms with Crippen molar-refractivity contribution in [3.63, 3.8) is 0 Å². The van der Waals surface area contributed by atoms with Crippen LogP contribution in [-0.2, 0) is 32.5 Å². The van der Waals surface area contributed by atoms with Crippen LogP contribution in [0.3, 0.4) is 0 Å². The molecule has 0 aromatic carbocycles. The highest BCUT2D eigenvalue weighted by atomic mass is 31.2. The highest BCUT2D eigenvalue weighted by molar-refractivity contribution is 7.48. The standard InChI is InChI=1S/C25H51N2O6P.C19H36O/c1-4-5-6-7-8-9-10-11-12-13-14-15-16-17-18-19-25(28)31-22-24(26)23-33-34(29,30-3)32-21-20-27-2;1-3-4-5-6-7-8-9-10-11-12-13-14-15-16-17-18-19(2)20/h11-12,24,27H,4-10,13-23,26H2,1-3H3;10-11H,3-9,12-18H2,1-2H3/b12-11-;11-10-. The van der Waals surface area contributed by atoms with Crippen LogP contribution in [0.4, 0.5) is 0 Å². The van der Waals surface area contributed by atoms with Gasteiger partial charge in [0.2, 0.25) is 0 Å². The van der Waals surface area contributed by atoms with E-state index in [1.807, 2.05) is 0 Å². The molecule has 2 unspecified atom stereocenters. The van der Waals surface area contributed by atoms with E-state index >= 15 is 0 Å². The Morgan fingerprint density at radius 2 is 1.02 bits per heavy atom. The molecule has 0 amide bonds. The average Bonchev–Trinajstić information content (AvgIpc) is 3.16. The van der Waals surface area contributed by atoms with Crippen molar-refractivity contribution in [1.29, 1.82) is 0 Å². The van der Waals surface area contributed by atoms with Gasteiger partial charge in [-0.2, -0.15) is 0 Å². The summed E-state index contributed by atoms with van der Waals surface area (Å²) in [5.74, 6) is 0.0656. The van der Waals surface area contributed by atoms with Gasteiger partial charge in [0, 0.05) is 26.5 Å². The molecule has 0 aromatic heterocycles. The Hall–Kier alpha value is -1.35. The minimum absolute atomic E-state index is 0.00411. The Morgan fingerprint density at radius 3 is 1.43 bits per heavy atom. The minimum atomic E-state index is -3.64. The number of unbranched alkanes of at least 4 members (excludes halogenated alkanes) is 22. The molecule has 0 rings (SSSR count). The maximum atomic E-state index is 12.2. The summed E-state index contributed by atoms with van der Waals surface area (Å²) in [7, 11) is -0.639. The van der Waals surface area contributed by atoms with Gasteiger partial charge in [-0.15, -0.1) is 0 Å². The second kappa shape index (κ2) is 44.4. The van der Waals surface area contributed by atoms with Crippen molar-refractivity contribution in [1.82, 2.24) is 5.32 Å². The molecule has 0 aromatic rings. The van der Waals surface area contributed by atoms with E-state index in [-0.39, 0.29) is 25.8 Å². The zero-order chi connectivity index (χ0) is 40.2. The Labute approximate surface area is 333 Å². The molecule has 54 heavy (non-hydrogen) atoms. The number of hydrogen-bond acceptors (Lipinski definition) is 9. The zero-order valence-corrected chi connectivity index (χ0v) is 36.8. The normalized spacial score (nSPS) is 13.2. The Balaban J connectivity index is 0. The predicted molar refractivity (Wildman–Crippen MR) is 229 cm³/mol. The van der Waals surface area contributed by atoms with Gasteiger partial charge < -0.3 is 20.6 Å². The van der Waals surface area contributed by atoms with Gasteiger partial charge in [-0.1, -0.05) is 141 Å². The van der Waals surface area contributed by atoms with Crippen molar-refractivity contribution < 1.29 is 32.5 Å². The molecule has 2 atom stereocenters. The molecular formula is C44H87N2O7P. The van der Waals surface area contributed by atoms with Gasteiger partial charge in [-0.05, 0) is 78.2 Å². The predicted octanol–water partition coefficient (Wildman–Crippen LogP) is 12.5. The molecule has 10 heteroatoms. The van der Waals surface area contributed by atoms with Crippen LogP contribution >= 0.6 is 7.82 Å². The van der Waals surface area contributed by atoms with Crippen molar-refractivity contribution in [2.75, 3.05) is 40.5 Å². The number of Topliss-reactive ketones (excluding diaryl/α,β-unsaturated/α-hetero) is 1. The lowest BCUT2D eigenvalue weighted by Gasteiger charge is -2.18. The molecule has 0 aliphatic carbocycles. The Kier molecular flexibility index (Phi) is 45.0. The van der Waals surface area contributed by atoms with E-state index in [9.17, 15) is 14.2 Å². The number of carbonyl (C=O) groups is 2. The summed E-state index contributed by atoms with van der Waals surface area (Å²) in [5, 5.41) is 2.87. The molecule has 0 aliphatic heterocycles. The van der Waals surface area contributed by atoms with E-state index in [0.717, 1.165) is 38.5 Å². The van der Waals surface area contributed by atoms with Gasteiger partial charge in [-0.25, -0.2) is 4.57 Å². The molecule has 0 heterocycles. The second-order valence-electron chi connectivity index (χ2n) is 14.7. The summed E-state index contributed by atoms with van der Waals surface area (Å²) in [6.07, 6.45) is 43.5. The molecule has 0 saturated carbocycles. The molecule has 9 nitrogen and oxygen atoms in total. The fraction of sp³-hybridized carbons (Fsp3) is 0.864. The number of carbonyl (C=O) groups excluding carboxylic acids is 2. The molecular weight excluding hydrogens is 699 g/mol. The highest BCUT2D eigenvalue weighted by Gasteiger charge is 2.26. The summed E-state index contributed by atoms with van der Waals surface area (Å²) in [5.41, 5.74) is 5.87. The summed E-state index contributed by atoms with van der Waals surface area (Å²) in [4.78, 5) is 22.6. The van der Waals surface area contributed by atoms with Gasteiger partial charge in [-0.3, -0.25) is 18.4 Å². The Bertz CT molecular complexity index is 915. The smallest absolute Gasteiger partial charge is 0.464 e. The number of nitrogens with one attached hydrogen (secondary N) is 1. The molecule has 0 bridgehead atoms. The largest absolute Gasteiger partial charge is 0.474 e. The number of esters is 1. The number of phosphoric acid groups is 1. The van der Waals surface area contributed by atoms with Crippen LogP contribution in [0.15, 0.2) is 24.3 Å². The van der Waals surface area contributed by atoms with Gasteiger partial charge in [0.05, 0.1) is 19.3 Å². The van der Waals surface area contributed by atoms with E-state index in [2.05, 4.69) is 43.5 Å². The second-order valence-corrected chi connectivity index (χ2v) is 16.5. The monoisotopic (exact) mass is 787 g/mol. The first-order valence-electron chi connectivity index (χ1n) is 22.0. The number of ether oxygens (including phenoxy) is 1. The molecule has 0 saturated heterocycles. The third kappa shape index (κ3) is 45.0. The summed E-state index contributed by atoms with van der Waals surface area (Å²) < 4.78 is 32.5. The van der Waals surface area contributed by atoms with Crippen LogP contribution in [0, 0.1) is 0 Å². The SMILES string of the molecule is CCCCCCCC/C=C\CCCCCCCC(=O)OCC(N)COP(=O)(OC)OCCNC.CCCCCCCC/C=C\CCCCCCCC(C)=O. The van der Waals surface area contributed by atoms with Crippen LogP contribution in [-0.4, -0.2) is 58.3 Å². The quantitative estimate of drug-likeness (QED) is 0.0270. The number of rotatable bonds is 40. The first kappa shape index (κ1) is 54.7. The van der Waals surface area contributed by atoms with Gasteiger partial charge in [0.1, 0.15) is 12.4 Å². The molecule has 0 aliphatic rings. The fourth-order valence-electron chi connectivity index (χ4n) is 5.69. The molecule has 0 spiro atoms. The molecule has 0 radical (unpaired) electrons. The van der Waals surface area contributed by atoms with Crippen LogP contribution in [0.5, 0.6) is 0 Å². The van der Waals surface area contributed by atoms with E-state index < -0.39 is 13.9 Å². The maximum Gasteiger partial charge on any atom is 0.474 e. The summed E-state index contributed by atoms with van der Waals surface area (Å²) >= 11 is 0. The van der Waals surface area contributed by atoms with Crippen molar-refractivity contribution >= 4 is 19.6 Å². The summed E-state index contributed by atoms with van der Waals surface area (Å²) in [6.45, 7) is 6.82. The van der Waals surface area contributed by atoms with Crippen molar-refractivity contribution in [2.24, 2.45) is 5.73 Å². The Morgan fingerprint density at radius 1 is 0.611 bits per heavy atom. The van der Waals surface area contributed by atoms with E-state index in [4.69, 9.17) is 24.0 Å². The van der Waals surface area contributed by atoms with Gasteiger partial charge in [0.25, 0.3) is 0 Å². The van der Waals surface area contributed by atoms with Crippen molar-refractivity contribution in [3.05, 3.63) is 24.3 Å². The number of nitrogens with two attached hydrogens (primary N) is 1. The molecule has 3 N–H and O–H groups in total. The molecule has 320 valence electrons. The zero-order valence-electron chi connectivity index (χ0n) is 35.9. The first-order chi connectivity index (χ1) is 26.2. The van der Waals surface area contributed by atoms with Crippen LogP contribution in [0.25, 0.3) is 0 Å². The first-order valence-corrected chi connectivity index (χ1v) is 23.5. The van der Waals surface area contributed by atoms with Crippen LogP contribution in [0.2, 0.25) is 0 Å². The number of allylic oxidation sites excluding steroid dienone is 4. The van der Waals surface area contributed by atoms with E-state index in [1.165, 1.54) is 142 Å². The summed E-state index contributed by atoms with van der Waals surface area (Å²) in [6, 6.07) is -0.602. The minimum Gasteiger partial charge on any atom is -0.464 e. The van der Waals surface area contributed by atoms with Gasteiger partial charge >= 0.3 is 13.8 Å². The third-order valence-corrected chi connectivity index (χ3v) is 10.6. The van der Waals surface area contributed by atoms with E-state index in [1.54, 1.807) is 14.0 Å². The fourth-order valence-corrected chi connectivity index (χ4v) is 6.67.